The van der Waals surface area contributed by atoms with Crippen LogP contribution >= 0.6 is 0 Å². The highest BCUT2D eigenvalue weighted by atomic mass is 28.3. The second-order valence-electron chi connectivity index (χ2n) is 6.33. The molecule has 0 saturated heterocycles. The van der Waals surface area contributed by atoms with E-state index in [1.54, 1.807) is 0 Å². The van der Waals surface area contributed by atoms with Gasteiger partial charge in [-0.3, -0.25) is 0 Å². The summed E-state index contributed by atoms with van der Waals surface area (Å²) in [5.74, 6) is -0.250. The molecule has 0 heterocycles. The summed E-state index contributed by atoms with van der Waals surface area (Å²) in [4.78, 5) is 11.8. The monoisotopic (exact) mass is 250 g/mol. The second-order valence-corrected chi connectivity index (χ2v) is 11.4. The van der Waals surface area contributed by atoms with Crippen LogP contribution in [0, 0.1) is 0 Å². The average molecular weight is 250 g/mol. The molecule has 17 heavy (non-hydrogen) atoms. The molecule has 1 aromatic carbocycles. The van der Waals surface area contributed by atoms with Crippen molar-refractivity contribution in [1.29, 1.82) is 0 Å². The largest absolute Gasteiger partial charge is 0.456 e. The van der Waals surface area contributed by atoms with Crippen LogP contribution in [0.3, 0.4) is 0 Å². The van der Waals surface area contributed by atoms with E-state index < -0.39 is 13.7 Å². The summed E-state index contributed by atoms with van der Waals surface area (Å²) < 4.78 is 5.32. The molecule has 1 aromatic rings. The molecular formula is C14H22O2Si. The van der Waals surface area contributed by atoms with Crippen molar-refractivity contribution in [3.05, 3.63) is 29.8 Å². The van der Waals surface area contributed by atoms with Gasteiger partial charge in [0.05, 0.1) is 13.6 Å². The Morgan fingerprint density at radius 1 is 1.06 bits per heavy atom. The van der Waals surface area contributed by atoms with Gasteiger partial charge >= 0.3 is 5.97 Å². The van der Waals surface area contributed by atoms with Gasteiger partial charge in [-0.25, -0.2) is 4.79 Å². The first kappa shape index (κ1) is 14.0. The maximum absolute atomic E-state index is 11.8. The van der Waals surface area contributed by atoms with Crippen molar-refractivity contribution in [2.75, 3.05) is 0 Å². The van der Waals surface area contributed by atoms with Gasteiger partial charge < -0.3 is 4.74 Å². The number of hydrogen-bond donors (Lipinski definition) is 0. The normalized spacial score (nSPS) is 12.4. The van der Waals surface area contributed by atoms with E-state index in [9.17, 15) is 4.79 Å². The molecule has 0 N–H and O–H groups in total. The van der Waals surface area contributed by atoms with E-state index in [0.29, 0.717) is 5.56 Å². The molecular weight excluding hydrogens is 228 g/mol. The van der Waals surface area contributed by atoms with Crippen molar-refractivity contribution in [3.8, 4) is 0 Å². The fourth-order valence-corrected chi connectivity index (χ4v) is 2.61. The maximum Gasteiger partial charge on any atom is 0.338 e. The SMILES string of the molecule is CC(C)(C)OC(=O)c1ccc([Si](C)(C)C)cc1. The molecule has 0 fully saturated rings. The van der Waals surface area contributed by atoms with Crippen molar-refractivity contribution in [2.45, 2.75) is 46.0 Å². The van der Waals surface area contributed by atoms with Crippen LogP contribution in [0.1, 0.15) is 31.1 Å². The first-order valence-corrected chi connectivity index (χ1v) is 9.43. The van der Waals surface area contributed by atoms with E-state index in [4.69, 9.17) is 4.74 Å². The lowest BCUT2D eigenvalue weighted by atomic mass is 10.2. The van der Waals surface area contributed by atoms with Crippen LogP contribution in [0.2, 0.25) is 19.6 Å². The summed E-state index contributed by atoms with van der Waals surface area (Å²) in [7, 11) is -1.29. The Morgan fingerprint density at radius 2 is 1.53 bits per heavy atom. The third-order valence-electron chi connectivity index (χ3n) is 2.39. The molecule has 0 spiro atoms. The van der Waals surface area contributed by atoms with E-state index in [1.807, 2.05) is 45.0 Å². The molecule has 0 radical (unpaired) electrons. The fraction of sp³-hybridized carbons (Fsp3) is 0.500. The van der Waals surface area contributed by atoms with Crippen LogP contribution in [0.25, 0.3) is 0 Å². The molecule has 3 heteroatoms. The highest BCUT2D eigenvalue weighted by Crippen LogP contribution is 2.12. The van der Waals surface area contributed by atoms with Gasteiger partial charge in [0.2, 0.25) is 0 Å². The molecule has 0 aromatic heterocycles. The van der Waals surface area contributed by atoms with Crippen LogP contribution in [0.15, 0.2) is 24.3 Å². The third kappa shape index (κ3) is 4.34. The topological polar surface area (TPSA) is 26.3 Å². The summed E-state index contributed by atoms with van der Waals surface area (Å²) in [5.41, 5.74) is 0.191. The highest BCUT2D eigenvalue weighted by Gasteiger charge is 2.19. The lowest BCUT2D eigenvalue weighted by molar-refractivity contribution is 0.00696. The van der Waals surface area contributed by atoms with Gasteiger partial charge in [0.15, 0.2) is 0 Å². The van der Waals surface area contributed by atoms with Crippen LogP contribution < -0.4 is 5.19 Å². The van der Waals surface area contributed by atoms with Gasteiger partial charge in [0.1, 0.15) is 5.60 Å². The zero-order valence-electron chi connectivity index (χ0n) is 11.6. The van der Waals surface area contributed by atoms with E-state index in [2.05, 4.69) is 19.6 Å². The first-order chi connectivity index (χ1) is 7.59. The maximum atomic E-state index is 11.8. The Balaban J connectivity index is 2.85. The highest BCUT2D eigenvalue weighted by molar-refractivity contribution is 6.88. The fourth-order valence-electron chi connectivity index (χ4n) is 1.44. The molecule has 94 valence electrons. The molecule has 2 nitrogen and oxygen atoms in total. The van der Waals surface area contributed by atoms with E-state index in [-0.39, 0.29) is 5.97 Å². The zero-order chi connectivity index (χ0) is 13.3. The van der Waals surface area contributed by atoms with Crippen LogP contribution in [0.5, 0.6) is 0 Å². The Bertz CT molecular complexity index is 394. The van der Waals surface area contributed by atoms with E-state index in [1.165, 1.54) is 5.19 Å². The number of esters is 1. The molecule has 0 unspecified atom stereocenters. The number of hydrogen-bond acceptors (Lipinski definition) is 2. The number of benzene rings is 1. The predicted octanol–water partition coefficient (Wildman–Crippen LogP) is 3.19. The summed E-state index contributed by atoms with van der Waals surface area (Å²) in [5, 5.41) is 1.35. The van der Waals surface area contributed by atoms with Crippen molar-refractivity contribution < 1.29 is 9.53 Å². The quantitative estimate of drug-likeness (QED) is 0.595. The Labute approximate surface area is 105 Å². The summed E-state index contributed by atoms with van der Waals surface area (Å²) in [6, 6.07) is 7.82. The van der Waals surface area contributed by atoms with Crippen LogP contribution in [0.4, 0.5) is 0 Å². The van der Waals surface area contributed by atoms with Crippen molar-refractivity contribution in [2.24, 2.45) is 0 Å². The lowest BCUT2D eigenvalue weighted by Gasteiger charge is -2.20. The third-order valence-corrected chi connectivity index (χ3v) is 4.45. The Hall–Kier alpha value is -1.09. The van der Waals surface area contributed by atoms with Gasteiger partial charge in [-0.15, -0.1) is 0 Å². The Morgan fingerprint density at radius 3 is 1.88 bits per heavy atom. The van der Waals surface area contributed by atoms with Crippen molar-refractivity contribution in [3.63, 3.8) is 0 Å². The average Bonchev–Trinajstić information content (AvgIpc) is 2.14. The van der Waals surface area contributed by atoms with Gasteiger partial charge in [0, 0.05) is 0 Å². The number of ether oxygens (including phenoxy) is 1. The summed E-state index contributed by atoms with van der Waals surface area (Å²) in [6.07, 6.45) is 0. The summed E-state index contributed by atoms with van der Waals surface area (Å²) >= 11 is 0. The van der Waals surface area contributed by atoms with Gasteiger partial charge in [-0.2, -0.15) is 0 Å². The van der Waals surface area contributed by atoms with Crippen molar-refractivity contribution in [1.82, 2.24) is 0 Å². The number of carbonyl (C=O) groups excluding carboxylic acids is 1. The molecule has 0 aliphatic carbocycles. The van der Waals surface area contributed by atoms with Crippen LogP contribution in [-0.2, 0) is 4.74 Å². The standard InChI is InChI=1S/C14H22O2Si/c1-14(2,3)16-13(15)11-7-9-12(10-8-11)17(4,5)6/h7-10H,1-6H3. The molecule has 0 bridgehead atoms. The minimum atomic E-state index is -1.29. The summed E-state index contributed by atoms with van der Waals surface area (Å²) in [6.45, 7) is 12.5. The molecule has 0 aliphatic rings. The number of carbonyl (C=O) groups is 1. The van der Waals surface area contributed by atoms with Gasteiger partial charge in [0.25, 0.3) is 0 Å². The molecule has 0 amide bonds. The van der Waals surface area contributed by atoms with Gasteiger partial charge in [-0.05, 0) is 32.9 Å². The van der Waals surface area contributed by atoms with E-state index >= 15 is 0 Å². The molecule has 0 aliphatic heterocycles. The number of rotatable bonds is 2. The molecule has 0 atom stereocenters. The van der Waals surface area contributed by atoms with Crippen molar-refractivity contribution >= 4 is 19.2 Å². The minimum Gasteiger partial charge on any atom is -0.456 e. The molecule has 1 rings (SSSR count). The second kappa shape index (κ2) is 4.65. The Kier molecular flexibility index (Phi) is 3.82. The lowest BCUT2D eigenvalue weighted by Crippen LogP contribution is -2.37. The first-order valence-electron chi connectivity index (χ1n) is 5.93. The van der Waals surface area contributed by atoms with E-state index in [0.717, 1.165) is 0 Å². The smallest absolute Gasteiger partial charge is 0.338 e. The minimum absolute atomic E-state index is 0.250. The molecule has 0 saturated carbocycles. The zero-order valence-corrected chi connectivity index (χ0v) is 12.6. The van der Waals surface area contributed by atoms with Crippen LogP contribution in [-0.4, -0.2) is 19.6 Å². The predicted molar refractivity (Wildman–Crippen MR) is 74.6 cm³/mol. The van der Waals surface area contributed by atoms with Gasteiger partial charge in [-0.1, -0.05) is 37.0 Å².